The fourth-order valence-electron chi connectivity index (χ4n) is 2.58. The molecule has 1 heterocycles. The van der Waals surface area contributed by atoms with E-state index in [0.29, 0.717) is 12.0 Å². The fourth-order valence-corrected chi connectivity index (χ4v) is 2.58. The summed E-state index contributed by atoms with van der Waals surface area (Å²) in [6.07, 6.45) is 2.27. The van der Waals surface area contributed by atoms with Crippen LogP contribution in [0.4, 0.5) is 0 Å². The number of ether oxygens (including phenoxy) is 2. The molecule has 112 valence electrons. The number of rotatable bonds is 7. The first-order valence-electron chi connectivity index (χ1n) is 7.75. The quantitative estimate of drug-likeness (QED) is 0.831. The number of hydrogen-bond acceptors (Lipinski definition) is 3. The van der Waals surface area contributed by atoms with Crippen LogP contribution in [0.15, 0.2) is 24.3 Å². The maximum Gasteiger partial charge on any atom is 0.0661 e. The summed E-state index contributed by atoms with van der Waals surface area (Å²) in [5, 5.41) is 3.51. The van der Waals surface area contributed by atoms with Gasteiger partial charge in [-0.1, -0.05) is 36.8 Å². The van der Waals surface area contributed by atoms with Crippen molar-refractivity contribution in [3.63, 3.8) is 0 Å². The van der Waals surface area contributed by atoms with Gasteiger partial charge in [0.1, 0.15) is 0 Å². The van der Waals surface area contributed by atoms with E-state index in [0.717, 1.165) is 45.8 Å². The van der Waals surface area contributed by atoms with Gasteiger partial charge in [-0.3, -0.25) is 0 Å². The first-order chi connectivity index (χ1) is 9.79. The Labute approximate surface area is 122 Å². The molecule has 1 saturated heterocycles. The summed E-state index contributed by atoms with van der Waals surface area (Å²) in [7, 11) is 0. The van der Waals surface area contributed by atoms with Crippen molar-refractivity contribution in [3.05, 3.63) is 35.4 Å². The molecule has 1 unspecified atom stereocenters. The zero-order chi connectivity index (χ0) is 14.2. The van der Waals surface area contributed by atoms with E-state index in [4.69, 9.17) is 9.47 Å². The molecule has 0 amide bonds. The van der Waals surface area contributed by atoms with Crippen molar-refractivity contribution in [3.8, 4) is 0 Å². The van der Waals surface area contributed by atoms with Crippen molar-refractivity contribution in [2.75, 3.05) is 33.0 Å². The highest BCUT2D eigenvalue weighted by molar-refractivity contribution is 5.24. The molecule has 1 aromatic rings. The molecular weight excluding hydrogens is 250 g/mol. The molecule has 0 spiro atoms. The topological polar surface area (TPSA) is 30.5 Å². The number of aryl methyl sites for hydroxylation is 1. The van der Waals surface area contributed by atoms with Crippen molar-refractivity contribution < 1.29 is 9.47 Å². The highest BCUT2D eigenvalue weighted by atomic mass is 16.5. The normalized spacial score (nSPS) is 18.1. The van der Waals surface area contributed by atoms with Crippen molar-refractivity contribution in [1.82, 2.24) is 5.32 Å². The third kappa shape index (κ3) is 4.89. The van der Waals surface area contributed by atoms with Crippen molar-refractivity contribution >= 4 is 0 Å². The van der Waals surface area contributed by atoms with Crippen molar-refractivity contribution in [2.24, 2.45) is 5.92 Å². The molecule has 0 radical (unpaired) electrons. The van der Waals surface area contributed by atoms with Gasteiger partial charge in [0.2, 0.25) is 0 Å². The van der Waals surface area contributed by atoms with Gasteiger partial charge < -0.3 is 14.8 Å². The zero-order valence-corrected chi connectivity index (χ0v) is 12.7. The molecule has 1 aliphatic rings. The molecule has 20 heavy (non-hydrogen) atoms. The molecule has 3 nitrogen and oxygen atoms in total. The van der Waals surface area contributed by atoms with Gasteiger partial charge in [0, 0.05) is 19.8 Å². The van der Waals surface area contributed by atoms with Crippen LogP contribution in [0.25, 0.3) is 0 Å². The molecule has 0 saturated carbocycles. The smallest absolute Gasteiger partial charge is 0.0661 e. The van der Waals surface area contributed by atoms with Gasteiger partial charge in [0.25, 0.3) is 0 Å². The van der Waals surface area contributed by atoms with Crippen LogP contribution in [-0.2, 0) is 9.47 Å². The SMILES string of the molecule is CCNC(COCC1CCOCC1)c1ccc(C)cc1. The van der Waals surface area contributed by atoms with Crippen LogP contribution in [-0.4, -0.2) is 33.0 Å². The van der Waals surface area contributed by atoms with Gasteiger partial charge in [-0.15, -0.1) is 0 Å². The molecule has 3 heteroatoms. The van der Waals surface area contributed by atoms with Crippen LogP contribution in [0.2, 0.25) is 0 Å². The van der Waals surface area contributed by atoms with E-state index < -0.39 is 0 Å². The Bertz CT molecular complexity index is 371. The van der Waals surface area contributed by atoms with Crippen molar-refractivity contribution in [2.45, 2.75) is 32.7 Å². The summed E-state index contributed by atoms with van der Waals surface area (Å²) in [4.78, 5) is 0. The number of likely N-dealkylation sites (N-methyl/N-ethyl adjacent to an activating group) is 1. The summed E-state index contributed by atoms with van der Waals surface area (Å²) >= 11 is 0. The van der Waals surface area contributed by atoms with Crippen LogP contribution in [0.3, 0.4) is 0 Å². The van der Waals surface area contributed by atoms with E-state index in [9.17, 15) is 0 Å². The standard InChI is InChI=1S/C17H27NO2/c1-3-18-17(16-6-4-14(2)5-7-16)13-20-12-15-8-10-19-11-9-15/h4-7,15,17-18H,3,8-13H2,1-2H3. The lowest BCUT2D eigenvalue weighted by atomic mass is 10.0. The summed E-state index contributed by atoms with van der Waals surface area (Å²) in [6.45, 7) is 8.60. The van der Waals surface area contributed by atoms with Crippen LogP contribution >= 0.6 is 0 Å². The molecular formula is C17H27NO2. The van der Waals surface area contributed by atoms with E-state index in [1.807, 2.05) is 0 Å². The second kappa shape index (κ2) is 8.40. The number of nitrogens with one attached hydrogen (secondary N) is 1. The molecule has 0 aromatic heterocycles. The van der Waals surface area contributed by atoms with Gasteiger partial charge in [-0.05, 0) is 37.8 Å². The van der Waals surface area contributed by atoms with Crippen molar-refractivity contribution in [1.29, 1.82) is 0 Å². The average molecular weight is 277 g/mol. The summed E-state index contributed by atoms with van der Waals surface area (Å²) in [6, 6.07) is 9.01. The van der Waals surface area contributed by atoms with E-state index in [2.05, 4.69) is 43.4 Å². The third-order valence-corrected chi connectivity index (χ3v) is 3.91. The molecule has 1 fully saturated rings. The monoisotopic (exact) mass is 277 g/mol. The van der Waals surface area contributed by atoms with Crippen LogP contribution in [0.1, 0.15) is 36.9 Å². The minimum Gasteiger partial charge on any atom is -0.381 e. The summed E-state index contributed by atoms with van der Waals surface area (Å²) in [5.41, 5.74) is 2.61. The van der Waals surface area contributed by atoms with Gasteiger partial charge >= 0.3 is 0 Å². The Morgan fingerprint density at radius 3 is 2.60 bits per heavy atom. The Balaban J connectivity index is 1.80. The molecule has 1 N–H and O–H groups in total. The Hall–Kier alpha value is -0.900. The predicted octanol–water partition coefficient (Wildman–Crippen LogP) is 3.09. The maximum atomic E-state index is 5.95. The first kappa shape index (κ1) is 15.5. The van der Waals surface area contributed by atoms with Crippen LogP contribution in [0, 0.1) is 12.8 Å². The predicted molar refractivity (Wildman–Crippen MR) is 82.0 cm³/mol. The van der Waals surface area contributed by atoms with Crippen LogP contribution in [0.5, 0.6) is 0 Å². The molecule has 1 atom stereocenters. The highest BCUT2D eigenvalue weighted by Crippen LogP contribution is 2.18. The molecule has 2 rings (SSSR count). The average Bonchev–Trinajstić information content (AvgIpc) is 2.48. The molecule has 1 aromatic carbocycles. The summed E-state index contributed by atoms with van der Waals surface area (Å²) < 4.78 is 11.3. The minimum atomic E-state index is 0.292. The number of hydrogen-bond donors (Lipinski definition) is 1. The Morgan fingerprint density at radius 1 is 1.25 bits per heavy atom. The Morgan fingerprint density at radius 2 is 1.95 bits per heavy atom. The van der Waals surface area contributed by atoms with Gasteiger partial charge in [-0.25, -0.2) is 0 Å². The first-order valence-corrected chi connectivity index (χ1v) is 7.75. The lowest BCUT2D eigenvalue weighted by Gasteiger charge is -2.24. The lowest BCUT2D eigenvalue weighted by molar-refractivity contribution is 0.0152. The zero-order valence-electron chi connectivity index (χ0n) is 12.7. The van der Waals surface area contributed by atoms with E-state index >= 15 is 0 Å². The largest absolute Gasteiger partial charge is 0.381 e. The van der Waals surface area contributed by atoms with E-state index in [-0.39, 0.29) is 0 Å². The fraction of sp³-hybridized carbons (Fsp3) is 0.647. The Kier molecular flexibility index (Phi) is 6.51. The molecule has 0 aliphatic carbocycles. The molecule has 0 bridgehead atoms. The minimum absolute atomic E-state index is 0.292. The van der Waals surface area contributed by atoms with Gasteiger partial charge in [0.05, 0.1) is 12.6 Å². The van der Waals surface area contributed by atoms with Crippen LogP contribution < -0.4 is 5.32 Å². The second-order valence-corrected chi connectivity index (χ2v) is 5.61. The number of benzene rings is 1. The summed E-state index contributed by atoms with van der Waals surface area (Å²) in [5.74, 6) is 0.670. The third-order valence-electron chi connectivity index (χ3n) is 3.91. The lowest BCUT2D eigenvalue weighted by Crippen LogP contribution is -2.27. The van der Waals surface area contributed by atoms with Gasteiger partial charge in [-0.2, -0.15) is 0 Å². The highest BCUT2D eigenvalue weighted by Gasteiger charge is 2.15. The molecule has 1 aliphatic heterocycles. The van der Waals surface area contributed by atoms with E-state index in [1.54, 1.807) is 0 Å². The maximum absolute atomic E-state index is 5.95. The van der Waals surface area contributed by atoms with E-state index in [1.165, 1.54) is 11.1 Å². The van der Waals surface area contributed by atoms with Gasteiger partial charge in [0.15, 0.2) is 0 Å². The second-order valence-electron chi connectivity index (χ2n) is 5.61.